The third-order valence-corrected chi connectivity index (χ3v) is 4.22. The molecule has 1 aromatic heterocycles. The Hall–Kier alpha value is -2.05. The number of hydrogen-bond acceptors (Lipinski definition) is 3. The quantitative estimate of drug-likeness (QED) is 0.843. The molecule has 1 atom stereocenters. The van der Waals surface area contributed by atoms with E-state index < -0.39 is 11.4 Å². The highest BCUT2D eigenvalue weighted by Gasteiger charge is 2.44. The van der Waals surface area contributed by atoms with Crippen LogP contribution in [-0.4, -0.2) is 51.4 Å². The highest BCUT2D eigenvalue weighted by molar-refractivity contribution is 5.79. The molecule has 1 fully saturated rings. The fourth-order valence-electron chi connectivity index (χ4n) is 2.69. The Morgan fingerprint density at radius 1 is 1.52 bits per heavy atom. The minimum Gasteiger partial charge on any atom is -0.481 e. The van der Waals surface area contributed by atoms with Gasteiger partial charge in [-0.3, -0.25) is 9.48 Å². The highest BCUT2D eigenvalue weighted by atomic mass is 16.4. The van der Waals surface area contributed by atoms with Crippen LogP contribution in [0.3, 0.4) is 0 Å². The Bertz CT molecular complexity index is 528. The van der Waals surface area contributed by atoms with Gasteiger partial charge in [-0.05, 0) is 24.8 Å². The van der Waals surface area contributed by atoms with Crippen molar-refractivity contribution in [2.24, 2.45) is 12.5 Å². The zero-order valence-electron chi connectivity index (χ0n) is 12.5. The second-order valence-corrected chi connectivity index (χ2v) is 5.61. The van der Waals surface area contributed by atoms with Crippen molar-refractivity contribution in [2.75, 3.05) is 19.6 Å². The molecule has 7 nitrogen and oxygen atoms in total. The van der Waals surface area contributed by atoms with E-state index in [1.54, 1.807) is 15.8 Å². The molecular formula is C14H22N4O3. The largest absolute Gasteiger partial charge is 0.481 e. The van der Waals surface area contributed by atoms with E-state index in [0.717, 1.165) is 5.56 Å². The molecule has 0 bridgehead atoms. The fourth-order valence-corrected chi connectivity index (χ4v) is 2.69. The van der Waals surface area contributed by atoms with Crippen LogP contribution >= 0.6 is 0 Å². The summed E-state index contributed by atoms with van der Waals surface area (Å²) in [5.41, 5.74) is 0.286. The van der Waals surface area contributed by atoms with Gasteiger partial charge >= 0.3 is 12.0 Å². The Morgan fingerprint density at radius 3 is 2.81 bits per heavy atom. The second kappa shape index (κ2) is 6.15. The summed E-state index contributed by atoms with van der Waals surface area (Å²) in [6.07, 6.45) is 5.46. The number of nitrogens with zero attached hydrogens (tertiary/aromatic N) is 3. The van der Waals surface area contributed by atoms with Crippen LogP contribution in [0, 0.1) is 5.41 Å². The van der Waals surface area contributed by atoms with Gasteiger partial charge in [0.05, 0.1) is 11.6 Å². The van der Waals surface area contributed by atoms with Crippen molar-refractivity contribution in [1.82, 2.24) is 20.0 Å². The first kappa shape index (κ1) is 15.3. The van der Waals surface area contributed by atoms with Gasteiger partial charge in [-0.1, -0.05) is 6.92 Å². The lowest BCUT2D eigenvalue weighted by Crippen LogP contribution is -2.42. The van der Waals surface area contributed by atoms with Crippen LogP contribution in [0.25, 0.3) is 0 Å². The number of urea groups is 1. The average Bonchev–Trinajstić information content (AvgIpc) is 3.06. The Balaban J connectivity index is 1.80. The van der Waals surface area contributed by atoms with Gasteiger partial charge in [-0.25, -0.2) is 4.79 Å². The first-order chi connectivity index (χ1) is 9.97. The van der Waals surface area contributed by atoms with Crippen molar-refractivity contribution in [2.45, 2.75) is 26.2 Å². The number of aromatic nitrogens is 2. The Morgan fingerprint density at radius 2 is 2.29 bits per heavy atom. The van der Waals surface area contributed by atoms with Gasteiger partial charge in [0.1, 0.15) is 0 Å². The lowest BCUT2D eigenvalue weighted by Gasteiger charge is -2.23. The fraction of sp³-hybridized carbons (Fsp3) is 0.643. The number of aliphatic carboxylic acids is 1. The summed E-state index contributed by atoms with van der Waals surface area (Å²) in [5, 5.41) is 16.2. The molecule has 1 aliphatic rings. The van der Waals surface area contributed by atoms with Crippen molar-refractivity contribution in [3.05, 3.63) is 18.0 Å². The van der Waals surface area contributed by atoms with Crippen LogP contribution in [0.1, 0.15) is 25.3 Å². The van der Waals surface area contributed by atoms with Crippen molar-refractivity contribution < 1.29 is 14.7 Å². The smallest absolute Gasteiger partial charge is 0.317 e. The molecule has 0 aromatic carbocycles. The summed E-state index contributed by atoms with van der Waals surface area (Å²) in [6.45, 7) is 3.17. The van der Waals surface area contributed by atoms with Crippen LogP contribution in [0.5, 0.6) is 0 Å². The Labute approximate surface area is 123 Å². The van der Waals surface area contributed by atoms with E-state index in [2.05, 4.69) is 10.4 Å². The molecule has 7 heteroatoms. The van der Waals surface area contributed by atoms with Gasteiger partial charge in [-0.2, -0.15) is 5.10 Å². The summed E-state index contributed by atoms with van der Waals surface area (Å²) in [4.78, 5) is 25.0. The van der Waals surface area contributed by atoms with Crippen LogP contribution in [0.4, 0.5) is 4.79 Å². The lowest BCUT2D eigenvalue weighted by molar-refractivity contribution is -0.148. The van der Waals surface area contributed by atoms with Crippen LogP contribution in [0.15, 0.2) is 12.4 Å². The van der Waals surface area contributed by atoms with Gasteiger partial charge in [-0.15, -0.1) is 0 Å². The van der Waals surface area contributed by atoms with E-state index in [1.807, 2.05) is 20.2 Å². The minimum absolute atomic E-state index is 0.185. The molecule has 0 radical (unpaired) electrons. The molecule has 21 heavy (non-hydrogen) atoms. The summed E-state index contributed by atoms with van der Waals surface area (Å²) in [5.74, 6) is -0.810. The van der Waals surface area contributed by atoms with Crippen LogP contribution in [0.2, 0.25) is 0 Å². The standard InChI is InChI=1S/C14H22N4O3/c1-3-14(12(19)20)5-7-18(10-14)13(21)15-6-4-11-8-16-17(2)9-11/h8-9H,3-7,10H2,1-2H3,(H,15,21)(H,19,20). The average molecular weight is 294 g/mol. The zero-order chi connectivity index (χ0) is 15.5. The van der Waals surface area contributed by atoms with Gasteiger partial charge in [0.15, 0.2) is 0 Å². The summed E-state index contributed by atoms with van der Waals surface area (Å²) in [7, 11) is 1.85. The molecular weight excluding hydrogens is 272 g/mol. The monoisotopic (exact) mass is 294 g/mol. The van der Waals surface area contributed by atoms with Gasteiger partial charge in [0.2, 0.25) is 0 Å². The van der Waals surface area contributed by atoms with E-state index in [-0.39, 0.29) is 12.6 Å². The minimum atomic E-state index is -0.810. The summed E-state index contributed by atoms with van der Waals surface area (Å²) in [6, 6.07) is -0.185. The topological polar surface area (TPSA) is 87.5 Å². The van der Waals surface area contributed by atoms with Crippen molar-refractivity contribution in [3.63, 3.8) is 0 Å². The maximum absolute atomic E-state index is 12.1. The van der Waals surface area contributed by atoms with Gasteiger partial charge in [0, 0.05) is 32.9 Å². The number of nitrogens with one attached hydrogen (secondary N) is 1. The predicted octanol–water partition coefficient (Wildman–Crippen LogP) is 0.859. The lowest BCUT2D eigenvalue weighted by atomic mass is 9.84. The van der Waals surface area contributed by atoms with Crippen LogP contribution < -0.4 is 5.32 Å². The molecule has 1 saturated heterocycles. The first-order valence-electron chi connectivity index (χ1n) is 7.20. The molecule has 0 aliphatic carbocycles. The van der Waals surface area contributed by atoms with Crippen molar-refractivity contribution in [1.29, 1.82) is 0 Å². The second-order valence-electron chi connectivity index (χ2n) is 5.61. The summed E-state index contributed by atoms with van der Waals surface area (Å²) >= 11 is 0. The maximum atomic E-state index is 12.1. The number of rotatable bonds is 5. The van der Waals surface area contributed by atoms with E-state index in [4.69, 9.17) is 0 Å². The number of likely N-dealkylation sites (tertiary alicyclic amines) is 1. The third-order valence-electron chi connectivity index (χ3n) is 4.22. The molecule has 1 aromatic rings. The van der Waals surface area contributed by atoms with E-state index >= 15 is 0 Å². The number of carboxylic acid groups (broad SMARTS) is 1. The molecule has 1 unspecified atom stereocenters. The van der Waals surface area contributed by atoms with Gasteiger partial charge in [0.25, 0.3) is 0 Å². The van der Waals surface area contributed by atoms with Crippen LogP contribution in [-0.2, 0) is 18.3 Å². The molecule has 0 saturated carbocycles. The van der Waals surface area contributed by atoms with Gasteiger partial charge < -0.3 is 15.3 Å². The third kappa shape index (κ3) is 3.34. The number of aryl methyl sites for hydroxylation is 1. The molecule has 2 amide bonds. The van der Waals surface area contributed by atoms with Crippen molar-refractivity contribution >= 4 is 12.0 Å². The van der Waals surface area contributed by atoms with E-state index in [0.29, 0.717) is 32.4 Å². The number of carboxylic acids is 1. The molecule has 0 spiro atoms. The number of carbonyl (C=O) groups excluding carboxylic acids is 1. The normalized spacial score (nSPS) is 21.5. The SMILES string of the molecule is CCC1(C(=O)O)CCN(C(=O)NCCc2cnn(C)c2)C1. The van der Waals surface area contributed by atoms with E-state index in [9.17, 15) is 14.7 Å². The summed E-state index contributed by atoms with van der Waals surface area (Å²) < 4.78 is 1.72. The molecule has 116 valence electrons. The number of amides is 2. The number of carbonyl (C=O) groups is 2. The molecule has 1 aliphatic heterocycles. The van der Waals surface area contributed by atoms with Crippen molar-refractivity contribution in [3.8, 4) is 0 Å². The Kier molecular flexibility index (Phi) is 4.50. The zero-order valence-corrected chi connectivity index (χ0v) is 12.5. The number of hydrogen-bond donors (Lipinski definition) is 2. The highest BCUT2D eigenvalue weighted by Crippen LogP contribution is 2.34. The maximum Gasteiger partial charge on any atom is 0.317 e. The molecule has 2 heterocycles. The predicted molar refractivity (Wildman–Crippen MR) is 76.9 cm³/mol. The molecule has 2 rings (SSSR count). The van der Waals surface area contributed by atoms with E-state index in [1.165, 1.54) is 0 Å². The first-order valence-corrected chi connectivity index (χ1v) is 7.20. The molecule has 2 N–H and O–H groups in total.